The summed E-state index contributed by atoms with van der Waals surface area (Å²) in [5.74, 6) is -0.874. The second-order valence-corrected chi connectivity index (χ2v) is 3.06. The SMILES string of the molecule is COc1nc2ccc(CC(=O)O)cc2o1. The van der Waals surface area contributed by atoms with Crippen molar-refractivity contribution in [3.63, 3.8) is 0 Å². The van der Waals surface area contributed by atoms with Crippen LogP contribution in [0.15, 0.2) is 22.6 Å². The molecule has 0 bridgehead atoms. The van der Waals surface area contributed by atoms with Crippen molar-refractivity contribution in [2.24, 2.45) is 0 Å². The van der Waals surface area contributed by atoms with Crippen molar-refractivity contribution >= 4 is 17.1 Å². The highest BCUT2D eigenvalue weighted by Crippen LogP contribution is 2.21. The van der Waals surface area contributed by atoms with Crippen molar-refractivity contribution in [3.05, 3.63) is 23.8 Å². The van der Waals surface area contributed by atoms with Crippen LogP contribution >= 0.6 is 0 Å². The number of carbonyl (C=O) groups is 1. The summed E-state index contributed by atoms with van der Waals surface area (Å²) in [4.78, 5) is 14.5. The average Bonchev–Trinajstić information content (AvgIpc) is 2.58. The number of hydrogen-bond donors (Lipinski definition) is 1. The van der Waals surface area contributed by atoms with Gasteiger partial charge in [0.15, 0.2) is 5.58 Å². The van der Waals surface area contributed by atoms with E-state index in [1.54, 1.807) is 18.2 Å². The third-order valence-electron chi connectivity index (χ3n) is 1.96. The van der Waals surface area contributed by atoms with Gasteiger partial charge in [0, 0.05) is 0 Å². The summed E-state index contributed by atoms with van der Waals surface area (Å²) < 4.78 is 10.0. The van der Waals surface area contributed by atoms with Crippen molar-refractivity contribution in [1.82, 2.24) is 4.98 Å². The van der Waals surface area contributed by atoms with Crippen LogP contribution in [0.3, 0.4) is 0 Å². The van der Waals surface area contributed by atoms with Crippen LogP contribution in [0.1, 0.15) is 5.56 Å². The van der Waals surface area contributed by atoms with Crippen molar-refractivity contribution in [3.8, 4) is 6.08 Å². The Kier molecular flexibility index (Phi) is 2.29. The summed E-state index contributed by atoms with van der Waals surface area (Å²) in [6.45, 7) is 0. The molecule has 5 nitrogen and oxygen atoms in total. The first kappa shape index (κ1) is 9.51. The highest BCUT2D eigenvalue weighted by molar-refractivity contribution is 5.77. The van der Waals surface area contributed by atoms with E-state index in [1.165, 1.54) is 7.11 Å². The molecular formula is C10H9NO4. The second kappa shape index (κ2) is 3.61. The van der Waals surface area contributed by atoms with Crippen LogP contribution in [0.25, 0.3) is 11.1 Å². The van der Waals surface area contributed by atoms with Gasteiger partial charge in [0.25, 0.3) is 0 Å². The largest absolute Gasteiger partial charge is 0.481 e. The Balaban J connectivity index is 2.41. The van der Waals surface area contributed by atoms with Gasteiger partial charge in [-0.2, -0.15) is 4.98 Å². The van der Waals surface area contributed by atoms with Gasteiger partial charge in [-0.25, -0.2) is 0 Å². The van der Waals surface area contributed by atoms with Gasteiger partial charge in [-0.15, -0.1) is 0 Å². The van der Waals surface area contributed by atoms with Crippen molar-refractivity contribution in [2.45, 2.75) is 6.42 Å². The molecule has 0 amide bonds. The molecule has 0 aliphatic carbocycles. The van der Waals surface area contributed by atoms with Crippen LogP contribution in [-0.4, -0.2) is 23.2 Å². The Morgan fingerprint density at radius 2 is 2.40 bits per heavy atom. The number of carboxylic acid groups (broad SMARTS) is 1. The molecule has 1 heterocycles. The number of aromatic nitrogens is 1. The fourth-order valence-electron chi connectivity index (χ4n) is 1.32. The van der Waals surface area contributed by atoms with Crippen LogP contribution in [0.4, 0.5) is 0 Å². The minimum Gasteiger partial charge on any atom is -0.481 e. The van der Waals surface area contributed by atoms with Crippen LogP contribution in [0.2, 0.25) is 0 Å². The van der Waals surface area contributed by atoms with E-state index in [1.807, 2.05) is 0 Å². The number of methoxy groups -OCH3 is 1. The minimum atomic E-state index is -0.874. The molecule has 1 aromatic carbocycles. The number of aliphatic carboxylic acids is 1. The molecule has 0 aliphatic rings. The molecule has 0 fully saturated rings. The summed E-state index contributed by atoms with van der Waals surface area (Å²) in [5, 5.41) is 8.62. The van der Waals surface area contributed by atoms with E-state index < -0.39 is 5.97 Å². The van der Waals surface area contributed by atoms with E-state index in [9.17, 15) is 4.79 Å². The number of carboxylic acids is 1. The van der Waals surface area contributed by atoms with Crippen LogP contribution in [0, 0.1) is 0 Å². The van der Waals surface area contributed by atoms with Gasteiger partial charge in [0.1, 0.15) is 5.52 Å². The first-order valence-corrected chi connectivity index (χ1v) is 4.34. The van der Waals surface area contributed by atoms with Crippen LogP contribution in [0.5, 0.6) is 6.08 Å². The lowest BCUT2D eigenvalue weighted by molar-refractivity contribution is -0.136. The summed E-state index contributed by atoms with van der Waals surface area (Å²) in [5.41, 5.74) is 1.86. The van der Waals surface area contributed by atoms with E-state index in [0.29, 0.717) is 16.7 Å². The fourth-order valence-corrected chi connectivity index (χ4v) is 1.32. The standard InChI is InChI=1S/C10H9NO4/c1-14-10-11-7-3-2-6(5-9(12)13)4-8(7)15-10/h2-4H,5H2,1H3,(H,12,13). The predicted octanol–water partition coefficient (Wildman–Crippen LogP) is 1.46. The number of fused-ring (bicyclic) bond motifs is 1. The Morgan fingerprint density at radius 1 is 1.60 bits per heavy atom. The van der Waals surface area contributed by atoms with E-state index in [-0.39, 0.29) is 12.5 Å². The Hall–Kier alpha value is -2.04. The Morgan fingerprint density at radius 3 is 3.07 bits per heavy atom. The normalized spacial score (nSPS) is 10.5. The molecule has 0 saturated heterocycles. The molecular weight excluding hydrogens is 198 g/mol. The zero-order valence-corrected chi connectivity index (χ0v) is 8.06. The second-order valence-electron chi connectivity index (χ2n) is 3.06. The predicted molar refractivity (Wildman–Crippen MR) is 51.9 cm³/mol. The highest BCUT2D eigenvalue weighted by atomic mass is 16.6. The van der Waals surface area contributed by atoms with E-state index in [2.05, 4.69) is 4.98 Å². The van der Waals surface area contributed by atoms with Crippen LogP contribution in [-0.2, 0) is 11.2 Å². The van der Waals surface area contributed by atoms with Gasteiger partial charge in [0.2, 0.25) is 0 Å². The minimum absolute atomic E-state index is 0.0288. The molecule has 78 valence electrons. The first-order valence-electron chi connectivity index (χ1n) is 4.34. The summed E-state index contributed by atoms with van der Waals surface area (Å²) in [6, 6.07) is 5.07. The number of hydrogen-bond acceptors (Lipinski definition) is 4. The first-order chi connectivity index (χ1) is 7.19. The molecule has 1 N–H and O–H groups in total. The van der Waals surface area contributed by atoms with Gasteiger partial charge < -0.3 is 14.3 Å². The lowest BCUT2D eigenvalue weighted by Gasteiger charge is -1.94. The van der Waals surface area contributed by atoms with Crippen molar-refractivity contribution in [2.75, 3.05) is 7.11 Å². The van der Waals surface area contributed by atoms with E-state index in [4.69, 9.17) is 14.3 Å². The monoisotopic (exact) mass is 207 g/mol. The molecule has 15 heavy (non-hydrogen) atoms. The maximum Gasteiger partial charge on any atom is 0.394 e. The van der Waals surface area contributed by atoms with E-state index >= 15 is 0 Å². The van der Waals surface area contributed by atoms with Gasteiger partial charge in [0.05, 0.1) is 13.5 Å². The fraction of sp³-hybridized carbons (Fsp3) is 0.200. The van der Waals surface area contributed by atoms with Gasteiger partial charge in [-0.05, 0) is 17.7 Å². The molecule has 5 heteroatoms. The molecule has 0 atom stereocenters. The summed E-state index contributed by atoms with van der Waals surface area (Å²) in [7, 11) is 1.46. The average molecular weight is 207 g/mol. The van der Waals surface area contributed by atoms with Gasteiger partial charge in [-0.1, -0.05) is 6.07 Å². The molecule has 0 unspecified atom stereocenters. The molecule has 1 aromatic heterocycles. The van der Waals surface area contributed by atoms with Gasteiger partial charge in [-0.3, -0.25) is 4.79 Å². The Labute approximate surface area is 85.3 Å². The third kappa shape index (κ3) is 1.90. The molecule has 2 rings (SSSR count). The number of rotatable bonds is 3. The zero-order valence-electron chi connectivity index (χ0n) is 8.06. The third-order valence-corrected chi connectivity index (χ3v) is 1.96. The molecule has 2 aromatic rings. The van der Waals surface area contributed by atoms with Gasteiger partial charge >= 0.3 is 12.0 Å². The lowest BCUT2D eigenvalue weighted by atomic mass is 10.1. The summed E-state index contributed by atoms with van der Waals surface area (Å²) in [6.07, 6.45) is 0.149. The molecule has 0 saturated carbocycles. The van der Waals surface area contributed by atoms with Crippen LogP contribution < -0.4 is 4.74 Å². The van der Waals surface area contributed by atoms with Crippen molar-refractivity contribution < 1.29 is 19.1 Å². The Bertz CT molecular complexity index is 503. The molecule has 0 aliphatic heterocycles. The number of nitrogens with zero attached hydrogens (tertiary/aromatic N) is 1. The zero-order chi connectivity index (χ0) is 10.8. The smallest absolute Gasteiger partial charge is 0.394 e. The quantitative estimate of drug-likeness (QED) is 0.824. The maximum atomic E-state index is 10.5. The summed E-state index contributed by atoms with van der Waals surface area (Å²) >= 11 is 0. The topological polar surface area (TPSA) is 72.6 Å². The van der Waals surface area contributed by atoms with Crippen molar-refractivity contribution in [1.29, 1.82) is 0 Å². The molecule has 0 radical (unpaired) electrons. The number of ether oxygens (including phenoxy) is 1. The molecule has 0 spiro atoms. The number of oxazole rings is 1. The maximum absolute atomic E-state index is 10.5. The lowest BCUT2D eigenvalue weighted by Crippen LogP contribution is -1.99. The van der Waals surface area contributed by atoms with E-state index in [0.717, 1.165) is 0 Å². The number of benzene rings is 1. The highest BCUT2D eigenvalue weighted by Gasteiger charge is 2.07.